The molecule has 3 amide bonds. The number of ether oxygens (including phenoxy) is 11. The van der Waals surface area contributed by atoms with E-state index < -0.39 is 35.0 Å². The number of carbonyl (C=O) groups is 23. The van der Waals surface area contributed by atoms with Gasteiger partial charge in [0.15, 0.2) is 47.1 Å². The molecule has 0 atom stereocenters. The Kier molecular flexibility index (Phi) is 119. The number of hydrogen-bond acceptors (Lipinski definition) is 34. The summed E-state index contributed by atoms with van der Waals surface area (Å²) in [5.74, 6) is -2.19. The molecule has 0 aliphatic heterocycles. The summed E-state index contributed by atoms with van der Waals surface area (Å²) >= 11 is 0. The normalized spacial score (nSPS) is 9.31. The molecule has 0 rings (SSSR count). The second-order valence-electron chi connectivity index (χ2n) is 26.5. The third kappa shape index (κ3) is 130. The Balaban J connectivity index is -0.0000000985. The van der Waals surface area contributed by atoms with E-state index in [0.29, 0.717) is 121 Å². The standard InChI is InChI=1S/C10H18O3.C9H16O3.C8H12O4.C8H14O3.C7H13NO3.C7H12O4.C7H12O3.C6H11NO3.C6H11NO2.C6H12O.C5H10O2.C4H8O2.C4H8O/c1-5-8(11)6-10(2,3)7-9(12)13-4;1-5-7(10)6-9(2,3)8(11)12-4;1-3-6(9)7(10)4-5-8(11)12-2;1-3-7(9)5-4-6-8(10)11-2;1-3-6(9)4-11-5-7(10)8-2;1-3-6(8)4-11-5-7(9)10-2;1-3-6(8)4-5-7(9)10-2;1-3-5(8)4-10-6(9)7-2;1-3-6(9)4-7-5(2)8;1-3-5-6(7)4-2;1-3-5(6)4-7-2;1-3-4(5)6-2;1-3-4(2)5/h5-7H2,1-4H3;5-6H2,1-4H3;3-5H2,1-2H3;3-6H2,1-2H3;3-5H2,1-2H3,(H,8,10);3-5H2,1-2H3;3-5H2,1-2H3;3-4H2,1-2H3,(H,7,9);3-4H2,1-2H3,(H,7,8);3-5H2,1-2H3;3-4H2,1-2H3;3H2,1-2H3;3H2,1-2H3. The molecule has 37 heteroatoms. The first-order chi connectivity index (χ1) is 57.8. The van der Waals surface area contributed by atoms with Gasteiger partial charge < -0.3 is 72.9 Å². The summed E-state index contributed by atoms with van der Waals surface area (Å²) in [6, 6.07) is 0. The third-order valence-electron chi connectivity index (χ3n) is 14.6. The van der Waals surface area contributed by atoms with Gasteiger partial charge >= 0.3 is 47.9 Å². The van der Waals surface area contributed by atoms with Crippen molar-refractivity contribution in [3.05, 3.63) is 0 Å². The minimum absolute atomic E-state index is 0.00824. The van der Waals surface area contributed by atoms with Crippen molar-refractivity contribution in [2.75, 3.05) is 117 Å². The lowest BCUT2D eigenvalue weighted by molar-refractivity contribution is -0.153. The number of rotatable bonds is 47. The van der Waals surface area contributed by atoms with E-state index in [1.54, 1.807) is 76.2 Å². The molecule has 3 N–H and O–H groups in total. The van der Waals surface area contributed by atoms with Crippen LogP contribution in [0, 0.1) is 10.8 Å². The van der Waals surface area contributed by atoms with Crippen molar-refractivity contribution in [2.45, 2.75) is 299 Å². The lowest BCUT2D eigenvalue weighted by Crippen LogP contribution is -2.28. The topological polar surface area (TPSA) is 530 Å². The Hall–Kier alpha value is -9.91. The molecule has 124 heavy (non-hydrogen) atoms. The van der Waals surface area contributed by atoms with E-state index >= 15 is 0 Å². The molecule has 0 radical (unpaired) electrons. The van der Waals surface area contributed by atoms with Gasteiger partial charge in [-0.05, 0) is 39.0 Å². The Labute approximate surface area is 737 Å². The first-order valence-electron chi connectivity index (χ1n) is 41.0. The van der Waals surface area contributed by atoms with E-state index in [-0.39, 0.29) is 183 Å². The van der Waals surface area contributed by atoms with Gasteiger partial charge in [0.1, 0.15) is 67.7 Å². The van der Waals surface area contributed by atoms with E-state index in [9.17, 15) is 110 Å². The van der Waals surface area contributed by atoms with E-state index in [4.69, 9.17) is 9.47 Å². The van der Waals surface area contributed by atoms with Crippen LogP contribution < -0.4 is 16.0 Å². The maximum absolute atomic E-state index is 11.1. The number of carbonyl (C=O) groups excluding carboxylic acids is 23. The zero-order chi connectivity index (χ0) is 99.8. The van der Waals surface area contributed by atoms with Crippen LogP contribution in [0.2, 0.25) is 0 Å². The molecule has 724 valence electrons. The highest BCUT2D eigenvalue weighted by Gasteiger charge is 2.31. The van der Waals surface area contributed by atoms with Crippen LogP contribution in [0.1, 0.15) is 299 Å². The van der Waals surface area contributed by atoms with E-state index in [0.717, 1.165) is 12.8 Å². The molecule has 0 saturated heterocycles. The molecule has 0 fully saturated rings. The lowest BCUT2D eigenvalue weighted by Gasteiger charge is -2.21. The molecule has 0 bridgehead atoms. The molecule has 0 aliphatic carbocycles. The van der Waals surface area contributed by atoms with Crippen molar-refractivity contribution >= 4 is 135 Å². The van der Waals surface area contributed by atoms with Crippen LogP contribution in [0.15, 0.2) is 0 Å². The van der Waals surface area contributed by atoms with Crippen molar-refractivity contribution in [1.82, 2.24) is 16.0 Å². The molecule has 0 unspecified atom stereocenters. The van der Waals surface area contributed by atoms with Gasteiger partial charge in [0.25, 0.3) is 0 Å². The number of methoxy groups -OCH3 is 8. The molecule has 0 saturated carbocycles. The zero-order valence-corrected chi connectivity index (χ0v) is 80.5. The first-order valence-corrected chi connectivity index (χ1v) is 41.0. The van der Waals surface area contributed by atoms with Crippen LogP contribution in [-0.2, 0) is 158 Å². The third-order valence-corrected chi connectivity index (χ3v) is 14.6. The lowest BCUT2D eigenvalue weighted by atomic mass is 9.83. The Morgan fingerprint density at radius 2 is 0.653 bits per heavy atom. The monoisotopic (exact) mass is 1790 g/mol. The fourth-order valence-electron chi connectivity index (χ4n) is 6.41. The number of hydrogen-bond donors (Lipinski definition) is 3. The van der Waals surface area contributed by atoms with Crippen LogP contribution in [0.4, 0.5) is 4.79 Å². The van der Waals surface area contributed by atoms with Crippen LogP contribution in [0.25, 0.3) is 0 Å². The molecule has 0 aromatic carbocycles. The number of Topliss-reactive ketones (excluding diaryl/α,β-unsaturated/α-hetero) is 13. The molecular formula is C87H157N3O34. The molecule has 0 aliphatic rings. The summed E-state index contributed by atoms with van der Waals surface area (Å²) in [4.78, 5) is 243. The van der Waals surface area contributed by atoms with Crippen molar-refractivity contribution < 1.29 is 162 Å². The van der Waals surface area contributed by atoms with Crippen molar-refractivity contribution in [2.24, 2.45) is 10.8 Å². The minimum Gasteiger partial charge on any atom is -0.469 e. The molecule has 0 heterocycles. The van der Waals surface area contributed by atoms with E-state index in [1.165, 1.54) is 77.9 Å². The van der Waals surface area contributed by atoms with E-state index in [2.05, 4.69) is 58.6 Å². The van der Waals surface area contributed by atoms with Gasteiger partial charge in [-0.1, -0.05) is 111 Å². The smallest absolute Gasteiger partial charge is 0.407 e. The predicted octanol–water partition coefficient (Wildman–Crippen LogP) is 10.5. The predicted molar refractivity (Wildman–Crippen MR) is 464 cm³/mol. The van der Waals surface area contributed by atoms with Crippen molar-refractivity contribution in [1.29, 1.82) is 0 Å². The fraction of sp³-hybridized carbons (Fsp3) is 0.736. The first kappa shape index (κ1) is 143. The maximum Gasteiger partial charge on any atom is 0.407 e. The van der Waals surface area contributed by atoms with Gasteiger partial charge in [0.05, 0.1) is 81.0 Å². The summed E-state index contributed by atoms with van der Waals surface area (Å²) in [7, 11) is 13.7. The molecule has 0 aromatic heterocycles. The Morgan fingerprint density at radius 3 is 0.968 bits per heavy atom. The summed E-state index contributed by atoms with van der Waals surface area (Å²) < 4.78 is 49.2. The van der Waals surface area contributed by atoms with Gasteiger partial charge in [0.2, 0.25) is 11.8 Å². The highest BCUT2D eigenvalue weighted by molar-refractivity contribution is 6.37. The Bertz CT molecular complexity index is 2770. The Morgan fingerprint density at radius 1 is 0.290 bits per heavy atom. The SMILES string of the molecule is CCC(=O)C(=O)CCC(=O)OC.CCC(=O)CC(C)(C)C(=O)OC.CCC(=O)CC(C)(C)CC(=O)OC.CCC(=O)CCC(=O)OC.CCC(=O)CCCC(=O)OC.CCC(=O)CNC(C)=O.CCC(=O)COC.CCC(=O)COC(=O)NC.CCC(=O)COCC(=O)NC.CCC(=O)COCC(=O)OC.CCC(=O)OC.CCC(C)=O.CCCC(=O)CC. The average Bonchev–Trinajstić information content (AvgIpc) is 0.905. The molecule has 37 nitrogen and oxygen atoms in total. The number of likely N-dealkylation sites (N-methyl/N-ethyl adjacent to an activating group) is 1. The minimum atomic E-state index is -0.679. The van der Waals surface area contributed by atoms with Crippen LogP contribution in [0.5, 0.6) is 0 Å². The highest BCUT2D eigenvalue weighted by atomic mass is 16.6. The van der Waals surface area contributed by atoms with Crippen molar-refractivity contribution in [3.63, 3.8) is 0 Å². The largest absolute Gasteiger partial charge is 0.469 e. The van der Waals surface area contributed by atoms with Gasteiger partial charge in [0, 0.05) is 157 Å². The summed E-state index contributed by atoms with van der Waals surface area (Å²) in [5, 5.41) is 7.02. The maximum atomic E-state index is 11.1. The second kappa shape index (κ2) is 104. The molecular weight excluding hydrogens is 1630 g/mol. The van der Waals surface area contributed by atoms with Crippen LogP contribution in [-0.4, -0.2) is 252 Å². The average molecular weight is 1790 g/mol. The number of amides is 3. The summed E-state index contributed by atoms with van der Waals surface area (Å²) in [6.45, 7) is 35.5. The van der Waals surface area contributed by atoms with Crippen LogP contribution in [0.3, 0.4) is 0 Å². The van der Waals surface area contributed by atoms with Gasteiger partial charge in [-0.3, -0.25) is 95.9 Å². The molecule has 0 aromatic rings. The fourth-order valence-corrected chi connectivity index (χ4v) is 6.41. The zero-order valence-electron chi connectivity index (χ0n) is 80.5. The second-order valence-corrected chi connectivity index (χ2v) is 26.5. The number of ketones is 13. The number of nitrogens with one attached hydrogen (secondary N) is 3. The van der Waals surface area contributed by atoms with Gasteiger partial charge in [-0.2, -0.15) is 0 Å². The highest BCUT2D eigenvalue weighted by Crippen LogP contribution is 2.26. The van der Waals surface area contributed by atoms with E-state index in [1.807, 2.05) is 55.4 Å². The molecule has 0 spiro atoms. The number of alkyl carbamates (subject to hydrolysis) is 1. The van der Waals surface area contributed by atoms with Gasteiger partial charge in [-0.25, -0.2) is 9.59 Å². The van der Waals surface area contributed by atoms with Crippen LogP contribution >= 0.6 is 0 Å². The van der Waals surface area contributed by atoms with Crippen molar-refractivity contribution in [3.8, 4) is 0 Å². The summed E-state index contributed by atoms with van der Waals surface area (Å²) in [5.41, 5.74) is -0.956. The number of esters is 7. The quantitative estimate of drug-likeness (QED) is 0.0289. The summed E-state index contributed by atoms with van der Waals surface area (Å²) in [6.07, 6.45) is 10.5. The van der Waals surface area contributed by atoms with Gasteiger partial charge in [-0.15, -0.1) is 0 Å².